The third-order valence-corrected chi connectivity index (χ3v) is 6.30. The largest absolute Gasteiger partial charge is 0.243 e. The minimum atomic E-state index is -3.47. The molecule has 0 N–H and O–H groups in total. The molecule has 4 heteroatoms. The van der Waals surface area contributed by atoms with E-state index in [1.165, 1.54) is 0 Å². The predicted molar refractivity (Wildman–Crippen MR) is 103 cm³/mol. The molecular weight excluding hydrogens is 330 g/mol. The van der Waals surface area contributed by atoms with Crippen molar-refractivity contribution in [2.75, 3.05) is 13.1 Å². The minimum absolute atomic E-state index is 0.116. The summed E-state index contributed by atoms with van der Waals surface area (Å²) in [5, 5.41) is 0. The van der Waals surface area contributed by atoms with Crippen LogP contribution in [0.5, 0.6) is 0 Å². The molecule has 1 saturated heterocycles. The Morgan fingerprint density at radius 3 is 2.36 bits per heavy atom. The average molecular weight is 353 g/mol. The molecule has 3 rings (SSSR count). The summed E-state index contributed by atoms with van der Waals surface area (Å²) in [5.41, 5.74) is 3.28. The van der Waals surface area contributed by atoms with Crippen molar-refractivity contribution >= 4 is 16.1 Å². The van der Waals surface area contributed by atoms with E-state index in [1.54, 1.807) is 16.4 Å². The lowest BCUT2D eigenvalue weighted by molar-refractivity contribution is 0.471. The summed E-state index contributed by atoms with van der Waals surface area (Å²) in [6.45, 7) is 4.84. The molecule has 2 aromatic rings. The quantitative estimate of drug-likeness (QED) is 0.770. The third-order valence-electron chi connectivity index (χ3n) is 4.47. The summed E-state index contributed by atoms with van der Waals surface area (Å²) < 4.78 is 27.5. The molecule has 0 radical (unpaired) electrons. The Bertz CT molecular complexity index is 881. The van der Waals surface area contributed by atoms with E-state index in [2.05, 4.69) is 12.2 Å². The Morgan fingerprint density at radius 2 is 1.72 bits per heavy atom. The van der Waals surface area contributed by atoms with Crippen molar-refractivity contribution < 1.29 is 8.42 Å². The van der Waals surface area contributed by atoms with Gasteiger partial charge in [0, 0.05) is 19.0 Å². The molecule has 1 unspecified atom stereocenters. The van der Waals surface area contributed by atoms with Crippen LogP contribution in [0.2, 0.25) is 0 Å². The van der Waals surface area contributed by atoms with Gasteiger partial charge in [0.25, 0.3) is 0 Å². The standard InChI is InChI=1S/C21H23NO2S/c1-3-7-19-15-22(16-20(19)14-18-8-5-4-6-9-18)25(23,24)21-12-10-17(2)11-13-21/h3-14,19H,15-16H2,1-2H3/b7-3+,20-14+. The average Bonchev–Trinajstić information content (AvgIpc) is 3.00. The Hall–Kier alpha value is -2.17. The molecule has 2 aromatic carbocycles. The van der Waals surface area contributed by atoms with Crippen LogP contribution in [-0.4, -0.2) is 25.8 Å². The highest BCUT2D eigenvalue weighted by atomic mass is 32.2. The number of benzene rings is 2. The molecule has 1 aliphatic heterocycles. The predicted octanol–water partition coefficient (Wildman–Crippen LogP) is 4.28. The van der Waals surface area contributed by atoms with Crippen LogP contribution < -0.4 is 0 Å². The Morgan fingerprint density at radius 1 is 1.04 bits per heavy atom. The van der Waals surface area contributed by atoms with E-state index < -0.39 is 10.0 Å². The second-order valence-corrected chi connectivity index (χ2v) is 8.31. The van der Waals surface area contributed by atoms with E-state index in [0.29, 0.717) is 18.0 Å². The van der Waals surface area contributed by atoms with Crippen molar-refractivity contribution in [2.45, 2.75) is 18.7 Å². The van der Waals surface area contributed by atoms with Crippen LogP contribution in [0, 0.1) is 12.8 Å². The van der Waals surface area contributed by atoms with Gasteiger partial charge in [0.05, 0.1) is 4.90 Å². The Kier molecular flexibility index (Phi) is 5.21. The second-order valence-electron chi connectivity index (χ2n) is 6.37. The fourth-order valence-electron chi connectivity index (χ4n) is 3.10. The fraction of sp³-hybridized carbons (Fsp3) is 0.238. The highest BCUT2D eigenvalue weighted by Gasteiger charge is 2.34. The molecular formula is C21H23NO2S. The van der Waals surface area contributed by atoms with Gasteiger partial charge in [0.2, 0.25) is 10.0 Å². The number of hydrogen-bond donors (Lipinski definition) is 0. The molecule has 3 nitrogen and oxygen atoms in total. The molecule has 0 aromatic heterocycles. The molecule has 130 valence electrons. The normalized spacial score (nSPS) is 20.6. The lowest BCUT2D eigenvalue weighted by Gasteiger charge is -2.15. The molecule has 0 saturated carbocycles. The maximum Gasteiger partial charge on any atom is 0.243 e. The monoisotopic (exact) mass is 353 g/mol. The molecule has 0 amide bonds. The molecule has 1 fully saturated rings. The van der Waals surface area contributed by atoms with Crippen LogP contribution in [-0.2, 0) is 10.0 Å². The van der Waals surface area contributed by atoms with Gasteiger partial charge < -0.3 is 0 Å². The van der Waals surface area contributed by atoms with Gasteiger partial charge in [-0.3, -0.25) is 0 Å². The van der Waals surface area contributed by atoms with E-state index in [-0.39, 0.29) is 5.92 Å². The first kappa shape index (κ1) is 17.6. The van der Waals surface area contributed by atoms with E-state index >= 15 is 0 Å². The molecule has 0 bridgehead atoms. The van der Waals surface area contributed by atoms with Crippen LogP contribution in [0.3, 0.4) is 0 Å². The molecule has 1 aliphatic rings. The lowest BCUT2D eigenvalue weighted by Crippen LogP contribution is -2.28. The molecule has 1 atom stereocenters. The molecule has 0 spiro atoms. The topological polar surface area (TPSA) is 37.4 Å². The summed E-state index contributed by atoms with van der Waals surface area (Å²) >= 11 is 0. The van der Waals surface area contributed by atoms with Gasteiger partial charge in [-0.15, -0.1) is 0 Å². The number of sulfonamides is 1. The van der Waals surface area contributed by atoms with Crippen molar-refractivity contribution in [2.24, 2.45) is 5.92 Å². The lowest BCUT2D eigenvalue weighted by atomic mass is 10.00. The summed E-state index contributed by atoms with van der Waals surface area (Å²) in [6.07, 6.45) is 6.18. The summed E-state index contributed by atoms with van der Waals surface area (Å²) in [5.74, 6) is 0.116. The van der Waals surface area contributed by atoms with Gasteiger partial charge in [-0.25, -0.2) is 8.42 Å². The van der Waals surface area contributed by atoms with Crippen molar-refractivity contribution in [1.29, 1.82) is 0 Å². The number of rotatable bonds is 4. The number of allylic oxidation sites excluding steroid dienone is 1. The van der Waals surface area contributed by atoms with E-state index in [4.69, 9.17) is 0 Å². The molecule has 0 aliphatic carbocycles. The first-order valence-electron chi connectivity index (χ1n) is 8.46. The highest BCUT2D eigenvalue weighted by Crippen LogP contribution is 2.30. The highest BCUT2D eigenvalue weighted by molar-refractivity contribution is 7.89. The van der Waals surface area contributed by atoms with Crippen LogP contribution in [0.4, 0.5) is 0 Å². The van der Waals surface area contributed by atoms with Gasteiger partial charge >= 0.3 is 0 Å². The maximum atomic E-state index is 13.0. The zero-order valence-electron chi connectivity index (χ0n) is 14.6. The van der Waals surface area contributed by atoms with Crippen molar-refractivity contribution in [3.63, 3.8) is 0 Å². The smallest absolute Gasteiger partial charge is 0.207 e. The van der Waals surface area contributed by atoms with Gasteiger partial charge in [-0.1, -0.05) is 66.3 Å². The maximum absolute atomic E-state index is 13.0. The molecule has 25 heavy (non-hydrogen) atoms. The van der Waals surface area contributed by atoms with Crippen LogP contribution in [0.1, 0.15) is 18.1 Å². The number of aryl methyl sites for hydroxylation is 1. The number of nitrogens with zero attached hydrogens (tertiary/aromatic N) is 1. The zero-order valence-corrected chi connectivity index (χ0v) is 15.4. The van der Waals surface area contributed by atoms with Crippen molar-refractivity contribution in [3.8, 4) is 0 Å². The summed E-state index contributed by atoms with van der Waals surface area (Å²) in [6, 6.07) is 17.1. The first-order chi connectivity index (χ1) is 12.0. The van der Waals surface area contributed by atoms with Crippen molar-refractivity contribution in [1.82, 2.24) is 4.31 Å². The van der Waals surface area contributed by atoms with E-state index in [0.717, 1.165) is 16.7 Å². The van der Waals surface area contributed by atoms with Gasteiger partial charge in [-0.05, 0) is 37.1 Å². The van der Waals surface area contributed by atoms with Gasteiger partial charge in [-0.2, -0.15) is 4.31 Å². The molecule has 1 heterocycles. The first-order valence-corrected chi connectivity index (χ1v) is 9.90. The van der Waals surface area contributed by atoms with Crippen molar-refractivity contribution in [3.05, 3.63) is 83.4 Å². The fourth-order valence-corrected chi connectivity index (χ4v) is 4.55. The summed E-state index contributed by atoms with van der Waals surface area (Å²) in [4.78, 5) is 0.360. The SMILES string of the molecule is C/C=C/C1CN(S(=O)(=O)c2ccc(C)cc2)C/C1=C\c1ccccc1. The Balaban J connectivity index is 1.92. The minimum Gasteiger partial charge on any atom is -0.207 e. The summed E-state index contributed by atoms with van der Waals surface area (Å²) in [7, 11) is -3.47. The zero-order chi connectivity index (χ0) is 17.9. The van der Waals surface area contributed by atoms with E-state index in [9.17, 15) is 8.42 Å². The van der Waals surface area contributed by atoms with Crippen LogP contribution in [0.25, 0.3) is 6.08 Å². The van der Waals surface area contributed by atoms with Gasteiger partial charge in [0.1, 0.15) is 0 Å². The van der Waals surface area contributed by atoms with Gasteiger partial charge in [0.15, 0.2) is 0 Å². The third kappa shape index (κ3) is 3.91. The van der Waals surface area contributed by atoms with Crippen LogP contribution in [0.15, 0.2) is 77.2 Å². The van der Waals surface area contributed by atoms with E-state index in [1.807, 2.05) is 62.4 Å². The Labute approximate surface area is 150 Å². The van der Waals surface area contributed by atoms with Crippen LogP contribution >= 0.6 is 0 Å². The number of hydrogen-bond acceptors (Lipinski definition) is 2. The second kappa shape index (κ2) is 7.38.